The van der Waals surface area contributed by atoms with Crippen LogP contribution in [0, 0.1) is 0 Å². The first-order chi connectivity index (χ1) is 9.58. The molecule has 1 aromatic heterocycles. The summed E-state index contributed by atoms with van der Waals surface area (Å²) >= 11 is 0. The third-order valence-electron chi connectivity index (χ3n) is 3.45. The van der Waals surface area contributed by atoms with Crippen molar-refractivity contribution in [1.82, 2.24) is 9.88 Å². The smallest absolute Gasteiger partial charge is 0.258 e. The zero-order valence-electron chi connectivity index (χ0n) is 11.7. The summed E-state index contributed by atoms with van der Waals surface area (Å²) in [5.41, 5.74) is -0.191. The van der Waals surface area contributed by atoms with E-state index >= 15 is 0 Å². The predicted octanol–water partition coefficient (Wildman–Crippen LogP) is -0.183. The quantitative estimate of drug-likeness (QED) is 0.761. The monoisotopic (exact) mass is 274 g/mol. The molecule has 20 heavy (non-hydrogen) atoms. The van der Waals surface area contributed by atoms with Gasteiger partial charge < -0.3 is 4.57 Å². The summed E-state index contributed by atoms with van der Waals surface area (Å²) in [5.74, 6) is -0.685. The van der Waals surface area contributed by atoms with E-state index < -0.39 is 11.9 Å². The average Bonchev–Trinajstić information content (AvgIpc) is 2.41. The van der Waals surface area contributed by atoms with Crippen LogP contribution in [0.1, 0.15) is 39.2 Å². The van der Waals surface area contributed by atoms with Crippen LogP contribution in [0.15, 0.2) is 17.1 Å². The maximum absolute atomic E-state index is 12.5. The van der Waals surface area contributed by atoms with Gasteiger partial charge in [0.25, 0.3) is 5.56 Å². The predicted molar refractivity (Wildman–Crippen MR) is 76.3 cm³/mol. The first-order valence-corrected chi connectivity index (χ1v) is 6.79. The van der Waals surface area contributed by atoms with Gasteiger partial charge in [0.15, 0.2) is 0 Å². The number of piperidine rings is 1. The molecule has 1 aromatic rings. The van der Waals surface area contributed by atoms with E-state index in [1.54, 1.807) is 19.2 Å². The number of aromatic nitrogens is 1. The van der Waals surface area contributed by atoms with Crippen LogP contribution in [-0.2, 0) is 9.59 Å². The lowest BCUT2D eigenvalue weighted by molar-refractivity contribution is -0.135. The zero-order valence-corrected chi connectivity index (χ0v) is 11.7. The van der Waals surface area contributed by atoms with Crippen LogP contribution in [0.4, 0.5) is 0 Å². The van der Waals surface area contributed by atoms with Crippen molar-refractivity contribution in [1.29, 1.82) is 0 Å². The average molecular weight is 274 g/mol. The lowest BCUT2D eigenvalue weighted by Crippen LogP contribution is -2.50. The Morgan fingerprint density at radius 3 is 2.75 bits per heavy atom. The summed E-state index contributed by atoms with van der Waals surface area (Å²) < 4.78 is 1.42. The fourth-order valence-corrected chi connectivity index (χ4v) is 2.46. The first-order valence-electron chi connectivity index (χ1n) is 6.79. The molecule has 1 aliphatic rings. The Morgan fingerprint density at radius 2 is 2.15 bits per heavy atom. The van der Waals surface area contributed by atoms with Crippen LogP contribution in [0.25, 0.3) is 12.2 Å². The lowest BCUT2D eigenvalue weighted by atomic mass is 10.1. The highest BCUT2D eigenvalue weighted by atomic mass is 16.2. The van der Waals surface area contributed by atoms with Crippen LogP contribution in [0.2, 0.25) is 0 Å². The first kappa shape index (κ1) is 14.2. The Labute approximate surface area is 116 Å². The number of nitrogens with one attached hydrogen (secondary N) is 1. The molecule has 5 nitrogen and oxygen atoms in total. The van der Waals surface area contributed by atoms with E-state index in [9.17, 15) is 14.4 Å². The van der Waals surface area contributed by atoms with Gasteiger partial charge in [-0.2, -0.15) is 0 Å². The Bertz CT molecular complexity index is 716. The molecule has 1 saturated heterocycles. The molecule has 0 spiro atoms. The summed E-state index contributed by atoms with van der Waals surface area (Å²) in [5, 5.41) is 3.75. The van der Waals surface area contributed by atoms with Crippen molar-refractivity contribution >= 4 is 24.0 Å². The van der Waals surface area contributed by atoms with Crippen LogP contribution >= 0.6 is 0 Å². The Hall–Kier alpha value is -2.17. The number of imide groups is 1. The number of amides is 2. The summed E-state index contributed by atoms with van der Waals surface area (Å²) in [6.45, 7) is 3.81. The van der Waals surface area contributed by atoms with Crippen molar-refractivity contribution in [3.63, 3.8) is 0 Å². The van der Waals surface area contributed by atoms with Crippen molar-refractivity contribution < 1.29 is 9.59 Å². The number of rotatable bonds is 2. The Kier molecular flexibility index (Phi) is 4.17. The van der Waals surface area contributed by atoms with Crippen molar-refractivity contribution in [2.45, 2.75) is 39.2 Å². The Balaban J connectivity index is 2.55. The molecule has 0 saturated carbocycles. The van der Waals surface area contributed by atoms with E-state index in [4.69, 9.17) is 0 Å². The van der Waals surface area contributed by atoms with Gasteiger partial charge in [-0.1, -0.05) is 19.1 Å². The van der Waals surface area contributed by atoms with Crippen molar-refractivity contribution in [2.75, 3.05) is 0 Å². The molecule has 0 radical (unpaired) electrons. The molecule has 0 bridgehead atoms. The van der Waals surface area contributed by atoms with Crippen molar-refractivity contribution in [2.24, 2.45) is 0 Å². The second-order valence-corrected chi connectivity index (χ2v) is 4.77. The number of nitrogens with zero attached hydrogens (tertiary/aromatic N) is 1. The number of carbonyl (C=O) groups excluding carboxylic acids is 2. The molecule has 0 aromatic carbocycles. The van der Waals surface area contributed by atoms with E-state index in [0.29, 0.717) is 11.6 Å². The molecule has 5 heteroatoms. The van der Waals surface area contributed by atoms with Crippen molar-refractivity contribution in [3.8, 4) is 0 Å². The summed E-state index contributed by atoms with van der Waals surface area (Å²) in [6.07, 6.45) is 6.83. The zero-order chi connectivity index (χ0) is 14.7. The minimum Gasteiger partial charge on any atom is -0.302 e. The summed E-state index contributed by atoms with van der Waals surface area (Å²) in [4.78, 5) is 35.5. The van der Waals surface area contributed by atoms with Crippen LogP contribution in [0.5, 0.6) is 0 Å². The molecule has 1 unspecified atom stereocenters. The van der Waals surface area contributed by atoms with E-state index in [1.165, 1.54) is 4.57 Å². The normalized spacial score (nSPS) is 21.2. The molecule has 1 fully saturated rings. The second kappa shape index (κ2) is 5.86. The molecule has 1 atom stereocenters. The lowest BCUT2D eigenvalue weighted by Gasteiger charge is -2.22. The molecule has 1 N–H and O–H groups in total. The highest BCUT2D eigenvalue weighted by molar-refractivity contribution is 5.99. The molecule has 2 amide bonds. The highest BCUT2D eigenvalue weighted by Gasteiger charge is 2.28. The third-order valence-corrected chi connectivity index (χ3v) is 3.45. The van der Waals surface area contributed by atoms with Gasteiger partial charge in [-0.05, 0) is 31.1 Å². The van der Waals surface area contributed by atoms with E-state index in [-0.39, 0.29) is 17.9 Å². The number of hydrogen-bond acceptors (Lipinski definition) is 3. The number of carbonyl (C=O) groups is 2. The molecule has 0 aliphatic carbocycles. The SMILES string of the molecule is C/C=c1/c(=O)n(C2CCC(=O)NC2=O)cc/c1=C/CC. The number of hydrogen-bond donors (Lipinski definition) is 1. The molecular weight excluding hydrogens is 256 g/mol. The van der Waals surface area contributed by atoms with Gasteiger partial charge in [-0.3, -0.25) is 19.7 Å². The van der Waals surface area contributed by atoms with Gasteiger partial charge in [0.05, 0.1) is 0 Å². The van der Waals surface area contributed by atoms with Gasteiger partial charge in [0.1, 0.15) is 6.04 Å². The highest BCUT2D eigenvalue weighted by Crippen LogP contribution is 2.15. The maximum atomic E-state index is 12.5. The van der Waals surface area contributed by atoms with Crippen LogP contribution in [-0.4, -0.2) is 16.4 Å². The van der Waals surface area contributed by atoms with Gasteiger partial charge in [0, 0.05) is 17.8 Å². The van der Waals surface area contributed by atoms with Crippen molar-refractivity contribution in [3.05, 3.63) is 33.1 Å². The largest absolute Gasteiger partial charge is 0.302 e. The Morgan fingerprint density at radius 1 is 1.40 bits per heavy atom. The summed E-state index contributed by atoms with van der Waals surface area (Å²) in [6, 6.07) is 1.23. The second-order valence-electron chi connectivity index (χ2n) is 4.77. The van der Waals surface area contributed by atoms with Crippen LogP contribution in [0.3, 0.4) is 0 Å². The third kappa shape index (κ3) is 2.57. The standard InChI is InChI=1S/C15H18N2O3/c1-3-5-10-8-9-17(15(20)11(10)4-2)12-6-7-13(18)16-14(12)19/h4-5,8-9,12H,3,6-7H2,1-2H3,(H,16,18,19)/b10-5-,11-4+. The van der Waals surface area contributed by atoms with E-state index in [0.717, 1.165) is 11.6 Å². The van der Waals surface area contributed by atoms with E-state index in [2.05, 4.69) is 5.32 Å². The van der Waals surface area contributed by atoms with Gasteiger partial charge in [-0.25, -0.2) is 0 Å². The fraction of sp³-hybridized carbons (Fsp3) is 0.400. The summed E-state index contributed by atoms with van der Waals surface area (Å²) in [7, 11) is 0. The number of pyridine rings is 1. The molecule has 2 heterocycles. The van der Waals surface area contributed by atoms with Crippen LogP contribution < -0.4 is 21.3 Å². The topological polar surface area (TPSA) is 68.2 Å². The van der Waals surface area contributed by atoms with Gasteiger partial charge in [-0.15, -0.1) is 0 Å². The fourth-order valence-electron chi connectivity index (χ4n) is 2.46. The molecule has 106 valence electrons. The molecular formula is C15H18N2O3. The molecule has 1 aliphatic heterocycles. The molecule has 2 rings (SSSR count). The van der Waals surface area contributed by atoms with Gasteiger partial charge in [0.2, 0.25) is 11.8 Å². The van der Waals surface area contributed by atoms with Gasteiger partial charge >= 0.3 is 0 Å². The van der Waals surface area contributed by atoms with E-state index in [1.807, 2.05) is 19.1 Å². The minimum atomic E-state index is -0.602. The minimum absolute atomic E-state index is 0.191. The maximum Gasteiger partial charge on any atom is 0.258 e.